The maximum absolute atomic E-state index is 12.9. The first kappa shape index (κ1) is 19.1. The molecule has 0 saturated carbocycles. The molecule has 1 aliphatic rings. The van der Waals surface area contributed by atoms with Gasteiger partial charge in [0, 0.05) is 6.54 Å². The fourth-order valence-corrected chi connectivity index (χ4v) is 3.50. The van der Waals surface area contributed by atoms with Crippen LogP contribution in [0.2, 0.25) is 0 Å². The smallest absolute Gasteiger partial charge is 0.305 e. The largest absolute Gasteiger partial charge is 0.481 e. The molecule has 9 heteroatoms. The molecule has 2 rings (SSSR count). The van der Waals surface area contributed by atoms with Crippen LogP contribution in [0, 0.1) is 5.82 Å². The molecule has 0 radical (unpaired) electrons. The lowest BCUT2D eigenvalue weighted by Gasteiger charge is -2.22. The predicted octanol–water partition coefficient (Wildman–Crippen LogP) is 2.01. The summed E-state index contributed by atoms with van der Waals surface area (Å²) >= 11 is 6.23. The zero-order valence-corrected chi connectivity index (χ0v) is 14.8. The standard InChI is InChI=1S/C16H15FN2O4S2/c1-9(14(22)18-7-6-13(20)21)19-15(23)12(25-16(19)24)8-10-2-4-11(17)5-3-10/h2-5,8-9H,6-7H2,1H3,(H,18,22)(H,20,21)/b12-8-. The molecule has 0 bridgehead atoms. The van der Waals surface area contributed by atoms with Gasteiger partial charge in [0.05, 0.1) is 11.3 Å². The Hall–Kier alpha value is -2.26. The van der Waals surface area contributed by atoms with Crippen LogP contribution in [-0.2, 0) is 14.4 Å². The van der Waals surface area contributed by atoms with Gasteiger partial charge in [-0.3, -0.25) is 19.3 Å². The van der Waals surface area contributed by atoms with Crippen molar-refractivity contribution in [1.82, 2.24) is 10.2 Å². The van der Waals surface area contributed by atoms with Crippen LogP contribution in [-0.4, -0.2) is 44.7 Å². The maximum atomic E-state index is 12.9. The second kappa shape index (κ2) is 8.21. The zero-order valence-electron chi connectivity index (χ0n) is 13.2. The molecule has 2 amide bonds. The second-order valence-electron chi connectivity index (χ2n) is 5.21. The summed E-state index contributed by atoms with van der Waals surface area (Å²) in [6.07, 6.45) is 1.37. The number of nitrogens with zero attached hydrogens (tertiary/aromatic N) is 1. The molecule has 1 atom stereocenters. The topological polar surface area (TPSA) is 86.7 Å². The minimum absolute atomic E-state index is 0.0290. The number of aliphatic carboxylic acids is 1. The first-order chi connectivity index (χ1) is 11.8. The van der Waals surface area contributed by atoms with Crippen LogP contribution in [0.15, 0.2) is 29.2 Å². The summed E-state index contributed by atoms with van der Waals surface area (Å²) in [5.74, 6) is -2.31. The van der Waals surface area contributed by atoms with Gasteiger partial charge in [0.15, 0.2) is 0 Å². The molecular weight excluding hydrogens is 367 g/mol. The van der Waals surface area contributed by atoms with Crippen LogP contribution in [0.3, 0.4) is 0 Å². The van der Waals surface area contributed by atoms with Gasteiger partial charge >= 0.3 is 5.97 Å². The summed E-state index contributed by atoms with van der Waals surface area (Å²) < 4.78 is 13.2. The van der Waals surface area contributed by atoms with Gasteiger partial charge in [-0.1, -0.05) is 36.1 Å². The summed E-state index contributed by atoms with van der Waals surface area (Å²) in [4.78, 5) is 36.6. The number of carboxylic acids is 1. The number of amides is 2. The van der Waals surface area contributed by atoms with Crippen molar-refractivity contribution < 1.29 is 23.9 Å². The van der Waals surface area contributed by atoms with E-state index in [1.165, 1.54) is 36.1 Å². The third-order valence-corrected chi connectivity index (χ3v) is 4.73. The third-order valence-electron chi connectivity index (χ3n) is 3.40. The highest BCUT2D eigenvalue weighted by Crippen LogP contribution is 2.33. The van der Waals surface area contributed by atoms with Gasteiger partial charge in [-0.15, -0.1) is 0 Å². The van der Waals surface area contributed by atoms with Crippen LogP contribution in [0.4, 0.5) is 4.39 Å². The quantitative estimate of drug-likeness (QED) is 0.578. The number of hydrogen-bond acceptors (Lipinski definition) is 5. The van der Waals surface area contributed by atoms with Crippen molar-refractivity contribution in [1.29, 1.82) is 0 Å². The van der Waals surface area contributed by atoms with Crippen molar-refractivity contribution in [2.75, 3.05) is 6.54 Å². The lowest BCUT2D eigenvalue weighted by molar-refractivity contribution is -0.137. The minimum Gasteiger partial charge on any atom is -0.481 e. The van der Waals surface area contributed by atoms with Crippen molar-refractivity contribution >= 4 is 52.2 Å². The molecule has 1 heterocycles. The molecule has 1 aromatic carbocycles. The third kappa shape index (κ3) is 4.86. The Morgan fingerprint density at radius 1 is 1.40 bits per heavy atom. The predicted molar refractivity (Wildman–Crippen MR) is 96.1 cm³/mol. The van der Waals surface area contributed by atoms with Crippen molar-refractivity contribution in [3.05, 3.63) is 40.6 Å². The Labute approximate surface area is 153 Å². The molecule has 0 aromatic heterocycles. The van der Waals surface area contributed by atoms with E-state index in [0.29, 0.717) is 10.5 Å². The first-order valence-corrected chi connectivity index (χ1v) is 8.54. The normalized spacial score (nSPS) is 17.0. The second-order valence-corrected chi connectivity index (χ2v) is 6.89. The highest BCUT2D eigenvalue weighted by Gasteiger charge is 2.38. The first-order valence-electron chi connectivity index (χ1n) is 7.31. The van der Waals surface area contributed by atoms with E-state index in [4.69, 9.17) is 17.3 Å². The lowest BCUT2D eigenvalue weighted by Crippen LogP contribution is -2.47. The van der Waals surface area contributed by atoms with Gasteiger partial charge in [-0.05, 0) is 30.7 Å². The Balaban J connectivity index is 2.08. The summed E-state index contributed by atoms with van der Waals surface area (Å²) in [7, 11) is 0. The summed E-state index contributed by atoms with van der Waals surface area (Å²) in [5, 5.41) is 11.0. The van der Waals surface area contributed by atoms with Crippen molar-refractivity contribution in [3.63, 3.8) is 0 Å². The van der Waals surface area contributed by atoms with E-state index in [-0.39, 0.29) is 23.1 Å². The van der Waals surface area contributed by atoms with E-state index in [9.17, 15) is 18.8 Å². The van der Waals surface area contributed by atoms with Crippen LogP contribution in [0.25, 0.3) is 6.08 Å². The van der Waals surface area contributed by atoms with Crippen LogP contribution >= 0.6 is 24.0 Å². The number of carbonyl (C=O) groups is 3. The number of carbonyl (C=O) groups excluding carboxylic acids is 2. The van der Waals surface area contributed by atoms with E-state index in [1.807, 2.05) is 0 Å². The zero-order chi connectivity index (χ0) is 18.6. The van der Waals surface area contributed by atoms with Gasteiger partial charge in [0.25, 0.3) is 5.91 Å². The monoisotopic (exact) mass is 382 g/mol. The Morgan fingerprint density at radius 3 is 2.64 bits per heavy atom. The fourth-order valence-electron chi connectivity index (χ4n) is 2.08. The summed E-state index contributed by atoms with van der Waals surface area (Å²) in [5.41, 5.74) is 0.639. The van der Waals surface area contributed by atoms with Crippen LogP contribution in [0.5, 0.6) is 0 Å². The average molecular weight is 382 g/mol. The van der Waals surface area contributed by atoms with Crippen molar-refractivity contribution in [2.24, 2.45) is 0 Å². The molecule has 25 heavy (non-hydrogen) atoms. The Bertz CT molecular complexity index is 749. The number of benzene rings is 1. The summed E-state index contributed by atoms with van der Waals surface area (Å²) in [6.45, 7) is 1.49. The number of carboxylic acid groups (broad SMARTS) is 1. The molecule has 0 spiro atoms. The average Bonchev–Trinajstić information content (AvgIpc) is 2.82. The van der Waals surface area contributed by atoms with Gasteiger partial charge in [0.2, 0.25) is 5.91 Å². The Kier molecular flexibility index (Phi) is 6.27. The number of hydrogen-bond donors (Lipinski definition) is 2. The fraction of sp³-hybridized carbons (Fsp3) is 0.250. The molecule has 132 valence electrons. The van der Waals surface area contributed by atoms with E-state index in [0.717, 1.165) is 11.8 Å². The number of nitrogens with one attached hydrogen (secondary N) is 1. The van der Waals surface area contributed by atoms with Gasteiger partial charge < -0.3 is 10.4 Å². The molecule has 1 fully saturated rings. The van der Waals surface area contributed by atoms with Crippen molar-refractivity contribution in [2.45, 2.75) is 19.4 Å². The Morgan fingerprint density at radius 2 is 2.04 bits per heavy atom. The van der Waals surface area contributed by atoms with E-state index < -0.39 is 23.8 Å². The molecule has 1 saturated heterocycles. The number of halogens is 1. The SMILES string of the molecule is CC(C(=O)NCCC(=O)O)N1C(=O)/C(=C/c2ccc(F)cc2)SC1=S. The molecule has 1 aromatic rings. The van der Waals surface area contributed by atoms with Gasteiger partial charge in [-0.2, -0.15) is 0 Å². The van der Waals surface area contributed by atoms with E-state index in [2.05, 4.69) is 5.32 Å². The van der Waals surface area contributed by atoms with Crippen LogP contribution < -0.4 is 5.32 Å². The summed E-state index contributed by atoms with van der Waals surface area (Å²) in [6, 6.07) is 4.77. The highest BCUT2D eigenvalue weighted by molar-refractivity contribution is 8.26. The maximum Gasteiger partial charge on any atom is 0.305 e. The molecule has 0 aliphatic carbocycles. The molecule has 6 nitrogen and oxygen atoms in total. The lowest BCUT2D eigenvalue weighted by atomic mass is 10.2. The number of thioether (sulfide) groups is 1. The molecule has 1 unspecified atom stereocenters. The number of thiocarbonyl (C=S) groups is 1. The molecule has 2 N–H and O–H groups in total. The van der Waals surface area contributed by atoms with E-state index in [1.54, 1.807) is 6.08 Å². The molecular formula is C16H15FN2O4S2. The minimum atomic E-state index is -1.03. The number of rotatable bonds is 6. The molecule has 1 aliphatic heterocycles. The van der Waals surface area contributed by atoms with Crippen molar-refractivity contribution in [3.8, 4) is 0 Å². The van der Waals surface area contributed by atoms with Gasteiger partial charge in [-0.25, -0.2) is 4.39 Å². The van der Waals surface area contributed by atoms with Gasteiger partial charge in [0.1, 0.15) is 16.2 Å². The van der Waals surface area contributed by atoms with E-state index >= 15 is 0 Å². The highest BCUT2D eigenvalue weighted by atomic mass is 32.2. The van der Waals surface area contributed by atoms with Crippen LogP contribution in [0.1, 0.15) is 18.9 Å².